The molecular formula is C20H24O12S. The predicted octanol–water partition coefficient (Wildman–Crippen LogP) is 0.0708. The monoisotopic (exact) mass is 488 g/mol. The molecule has 5 N–H and O–H groups in total. The number of benzene rings is 2. The number of hydrogen-bond acceptors (Lipinski definition) is 11. The summed E-state index contributed by atoms with van der Waals surface area (Å²) in [7, 11) is -3.49. The lowest BCUT2D eigenvalue weighted by Crippen LogP contribution is -2.60. The van der Waals surface area contributed by atoms with E-state index in [1.54, 1.807) is 19.1 Å². The van der Waals surface area contributed by atoms with Crippen LogP contribution in [0.15, 0.2) is 18.2 Å². The molecule has 1 aliphatic heterocycles. The van der Waals surface area contributed by atoms with Gasteiger partial charge in [0.25, 0.3) is 0 Å². The van der Waals surface area contributed by atoms with E-state index in [-0.39, 0.29) is 22.4 Å². The lowest BCUT2D eigenvalue weighted by molar-refractivity contribution is -0.276. The summed E-state index contributed by atoms with van der Waals surface area (Å²) < 4.78 is 51.0. The lowest BCUT2D eigenvalue weighted by atomic mass is 9.96. The Labute approximate surface area is 188 Å². The van der Waals surface area contributed by atoms with Gasteiger partial charge in [0.15, 0.2) is 5.78 Å². The maximum atomic E-state index is 12.0. The van der Waals surface area contributed by atoms with Crippen molar-refractivity contribution in [2.24, 2.45) is 0 Å². The Hall–Kier alpha value is -2.52. The molecule has 0 unspecified atom stereocenters. The number of carbonyl (C=O) groups excluding carboxylic acids is 1. The molecule has 12 nitrogen and oxygen atoms in total. The number of phenolic OH excluding ortho intramolecular Hbond substituents is 1. The average Bonchev–Trinajstić information content (AvgIpc) is 2.71. The highest BCUT2D eigenvalue weighted by molar-refractivity contribution is 7.80. The first kappa shape index (κ1) is 25.1. The van der Waals surface area contributed by atoms with E-state index >= 15 is 0 Å². The van der Waals surface area contributed by atoms with Gasteiger partial charge in [-0.15, -0.1) is 0 Å². The zero-order valence-electron chi connectivity index (χ0n) is 17.8. The van der Waals surface area contributed by atoms with Gasteiger partial charge in [-0.2, -0.15) is 8.42 Å². The highest BCUT2D eigenvalue weighted by Crippen LogP contribution is 2.42. The van der Waals surface area contributed by atoms with Crippen molar-refractivity contribution >= 4 is 27.0 Å². The summed E-state index contributed by atoms with van der Waals surface area (Å²) in [5, 5.41) is 41.9. The maximum absolute atomic E-state index is 12.0. The molecule has 0 amide bonds. The maximum Gasteiger partial charge on any atom is 0.397 e. The van der Waals surface area contributed by atoms with Crippen LogP contribution in [0.5, 0.6) is 17.2 Å². The van der Waals surface area contributed by atoms with Gasteiger partial charge >= 0.3 is 10.4 Å². The largest absolute Gasteiger partial charge is 0.506 e. The molecule has 0 saturated carbocycles. The van der Waals surface area contributed by atoms with Gasteiger partial charge in [-0.25, -0.2) is 4.18 Å². The van der Waals surface area contributed by atoms with E-state index in [1.807, 2.05) is 0 Å². The van der Waals surface area contributed by atoms with E-state index in [1.165, 1.54) is 20.1 Å². The Morgan fingerprint density at radius 2 is 1.79 bits per heavy atom. The number of fused-ring (bicyclic) bond motifs is 1. The first-order valence-electron chi connectivity index (χ1n) is 9.67. The summed E-state index contributed by atoms with van der Waals surface area (Å²) in [5.41, 5.74) is 0.555. The van der Waals surface area contributed by atoms with Crippen LogP contribution in [0.1, 0.15) is 22.8 Å². The van der Waals surface area contributed by atoms with Gasteiger partial charge in [0.2, 0.25) is 6.29 Å². The van der Waals surface area contributed by atoms with Crippen LogP contribution in [-0.4, -0.2) is 83.6 Å². The number of phenols is 1. The molecule has 1 fully saturated rings. The number of aliphatic hydroxyl groups excluding tert-OH is 3. The highest BCUT2D eigenvalue weighted by Gasteiger charge is 2.45. The number of ether oxygens (including phenoxy) is 3. The zero-order chi connectivity index (χ0) is 24.7. The number of rotatable bonds is 7. The number of aliphatic hydroxyl groups is 3. The predicted molar refractivity (Wildman–Crippen MR) is 112 cm³/mol. The second-order valence-electron chi connectivity index (χ2n) is 7.54. The number of ketones is 1. The minimum absolute atomic E-state index is 0.0533. The molecule has 0 aliphatic carbocycles. The molecule has 182 valence electrons. The standard InChI is InChI=1S/C20H24O12S/c1-8-4-10-5-11(29-3)6-12(15(10)17(23)14(8)9(2)21)31-20-19(25)18(24)16(22)13(32-20)7-30-33(26,27)28/h4-6,13,16,18-20,22-25H,7H2,1-3H3,(H,26,27,28)/t13-,16-,18+,19-,20-/m1/s1. The van der Waals surface area contributed by atoms with Crippen molar-refractivity contribution in [3.63, 3.8) is 0 Å². The summed E-state index contributed by atoms with van der Waals surface area (Å²) in [5.74, 6) is -0.577. The second kappa shape index (κ2) is 9.38. The third kappa shape index (κ3) is 5.19. The van der Waals surface area contributed by atoms with Crippen LogP contribution in [0.25, 0.3) is 10.8 Å². The van der Waals surface area contributed by atoms with E-state index in [2.05, 4.69) is 4.18 Å². The molecule has 0 spiro atoms. The fraction of sp³-hybridized carbons (Fsp3) is 0.450. The fourth-order valence-electron chi connectivity index (χ4n) is 3.68. The van der Waals surface area contributed by atoms with E-state index < -0.39 is 53.5 Å². The summed E-state index contributed by atoms with van der Waals surface area (Å²) in [6, 6.07) is 4.55. The molecule has 1 heterocycles. The lowest BCUT2D eigenvalue weighted by Gasteiger charge is -2.40. The topological polar surface area (TPSA) is 189 Å². The molecule has 2 aromatic carbocycles. The summed E-state index contributed by atoms with van der Waals surface area (Å²) in [6.07, 6.45) is -8.60. The van der Waals surface area contributed by atoms with Gasteiger partial charge in [-0.1, -0.05) is 6.07 Å². The van der Waals surface area contributed by atoms with E-state index in [0.717, 1.165) is 0 Å². The Morgan fingerprint density at radius 1 is 1.12 bits per heavy atom. The number of aryl methyl sites for hydroxylation is 1. The molecular weight excluding hydrogens is 464 g/mol. The minimum atomic E-state index is -4.87. The van der Waals surface area contributed by atoms with Crippen LogP contribution < -0.4 is 9.47 Å². The van der Waals surface area contributed by atoms with Crippen LogP contribution in [-0.2, 0) is 19.3 Å². The van der Waals surface area contributed by atoms with Crippen molar-refractivity contribution in [1.29, 1.82) is 0 Å². The van der Waals surface area contributed by atoms with Crippen LogP contribution in [0.2, 0.25) is 0 Å². The van der Waals surface area contributed by atoms with E-state index in [0.29, 0.717) is 16.7 Å². The fourth-order valence-corrected chi connectivity index (χ4v) is 3.99. The molecule has 33 heavy (non-hydrogen) atoms. The number of Topliss-reactive ketones (excluding diaryl/α,β-unsaturated/α-hetero) is 1. The Kier molecular flexibility index (Phi) is 7.14. The van der Waals surface area contributed by atoms with Crippen LogP contribution in [0, 0.1) is 6.92 Å². The molecule has 3 rings (SSSR count). The summed E-state index contributed by atoms with van der Waals surface area (Å²) in [4.78, 5) is 12.0. The van der Waals surface area contributed by atoms with Gasteiger partial charge in [0, 0.05) is 6.07 Å². The molecule has 13 heteroatoms. The first-order chi connectivity index (χ1) is 15.3. The third-order valence-corrected chi connectivity index (χ3v) is 5.66. The molecule has 0 radical (unpaired) electrons. The Bertz CT molecular complexity index is 1160. The van der Waals surface area contributed by atoms with Crippen LogP contribution in [0.4, 0.5) is 0 Å². The zero-order valence-corrected chi connectivity index (χ0v) is 18.6. The van der Waals surface area contributed by atoms with E-state index in [4.69, 9.17) is 18.8 Å². The van der Waals surface area contributed by atoms with Gasteiger partial charge in [0.05, 0.1) is 24.7 Å². The normalized spacial score (nSPS) is 25.7. The molecule has 5 atom stereocenters. The highest BCUT2D eigenvalue weighted by atomic mass is 32.3. The molecule has 2 aromatic rings. The smallest absolute Gasteiger partial charge is 0.397 e. The van der Waals surface area contributed by atoms with Crippen molar-refractivity contribution < 1.29 is 56.6 Å². The summed E-state index contributed by atoms with van der Waals surface area (Å²) in [6.45, 7) is 2.03. The SMILES string of the molecule is COc1cc(O[C@@H]2O[C@H](COS(=O)(=O)O)[C@@H](O)[C@H](O)[C@H]2O)c2c(O)c(C(C)=O)c(C)cc2c1. The average molecular weight is 488 g/mol. The van der Waals surface area contributed by atoms with E-state index in [9.17, 15) is 33.6 Å². The molecule has 0 aromatic heterocycles. The second-order valence-corrected chi connectivity index (χ2v) is 8.63. The van der Waals surface area contributed by atoms with Crippen molar-refractivity contribution in [2.45, 2.75) is 44.6 Å². The van der Waals surface area contributed by atoms with Crippen molar-refractivity contribution in [1.82, 2.24) is 0 Å². The summed E-state index contributed by atoms with van der Waals surface area (Å²) >= 11 is 0. The Morgan fingerprint density at radius 3 is 2.36 bits per heavy atom. The minimum Gasteiger partial charge on any atom is -0.506 e. The van der Waals surface area contributed by atoms with Crippen molar-refractivity contribution in [2.75, 3.05) is 13.7 Å². The van der Waals surface area contributed by atoms with Gasteiger partial charge in [0.1, 0.15) is 41.7 Å². The van der Waals surface area contributed by atoms with Crippen molar-refractivity contribution in [3.8, 4) is 17.2 Å². The van der Waals surface area contributed by atoms with Gasteiger partial charge in [-0.05, 0) is 30.9 Å². The number of carbonyl (C=O) groups is 1. The third-order valence-electron chi connectivity index (χ3n) is 5.23. The van der Waals surface area contributed by atoms with Crippen LogP contribution >= 0.6 is 0 Å². The van der Waals surface area contributed by atoms with Crippen molar-refractivity contribution in [3.05, 3.63) is 29.3 Å². The number of methoxy groups -OCH3 is 1. The number of hydrogen-bond donors (Lipinski definition) is 5. The van der Waals surface area contributed by atoms with Gasteiger partial charge in [-0.3, -0.25) is 9.35 Å². The Balaban J connectivity index is 2.04. The number of aromatic hydroxyl groups is 1. The molecule has 1 saturated heterocycles. The van der Waals surface area contributed by atoms with Crippen LogP contribution in [0.3, 0.4) is 0 Å². The quantitative estimate of drug-likeness (QED) is 0.261. The molecule has 0 bridgehead atoms. The molecule has 1 aliphatic rings. The first-order valence-corrected chi connectivity index (χ1v) is 11.0. The van der Waals surface area contributed by atoms with Gasteiger partial charge < -0.3 is 34.6 Å².